The second-order valence-electron chi connectivity index (χ2n) is 8.90. The third-order valence-electron chi connectivity index (χ3n) is 6.56. The van der Waals surface area contributed by atoms with E-state index in [1.165, 1.54) is 11.1 Å². The predicted molar refractivity (Wildman–Crippen MR) is 128 cm³/mol. The third-order valence-corrected chi connectivity index (χ3v) is 6.56. The highest BCUT2D eigenvalue weighted by Gasteiger charge is 2.30. The molecule has 0 bridgehead atoms. The summed E-state index contributed by atoms with van der Waals surface area (Å²) in [7, 11) is 0. The average molecular weight is 428 g/mol. The van der Waals surface area contributed by atoms with Crippen LogP contribution in [0.15, 0.2) is 60.7 Å². The molecule has 0 saturated heterocycles. The number of amides is 1. The molecule has 3 aromatic carbocycles. The number of phenolic OH excluding ortho intramolecular Hbond substituents is 1. The van der Waals surface area contributed by atoms with Gasteiger partial charge in [-0.25, -0.2) is 0 Å². The van der Waals surface area contributed by atoms with Crippen LogP contribution in [0.5, 0.6) is 5.75 Å². The fourth-order valence-corrected chi connectivity index (χ4v) is 4.91. The molecule has 2 aliphatic heterocycles. The molecule has 2 unspecified atom stereocenters. The van der Waals surface area contributed by atoms with Gasteiger partial charge in [-0.3, -0.25) is 4.79 Å². The van der Waals surface area contributed by atoms with E-state index >= 15 is 0 Å². The number of aryl methyl sites for hydroxylation is 1. The maximum absolute atomic E-state index is 13.2. The standard InChI is InChI=1S/C27H29N3O2/c1-17-12-20(31)15-25-21(17)16-26(29-25)27(32)30-24-8-5-11-28-23-10-9-19(14-22(23)24)13-18-6-3-2-4-7-18/h2-4,6-7,9-10,12,14-15,24,26,28-29,31H,5,8,11,13,16H2,1H3,(H,30,32). The van der Waals surface area contributed by atoms with E-state index in [0.717, 1.165) is 53.9 Å². The first-order valence-electron chi connectivity index (χ1n) is 11.4. The SMILES string of the molecule is Cc1cc(O)cc2c1CC(C(=O)NC1CCCNc3ccc(Cc4ccccc4)cc31)N2. The summed E-state index contributed by atoms with van der Waals surface area (Å²) >= 11 is 0. The Hall–Kier alpha value is -3.47. The van der Waals surface area contributed by atoms with E-state index in [9.17, 15) is 9.90 Å². The van der Waals surface area contributed by atoms with Crippen molar-refractivity contribution in [1.29, 1.82) is 0 Å². The lowest BCUT2D eigenvalue weighted by Gasteiger charge is -2.22. The van der Waals surface area contributed by atoms with Gasteiger partial charge >= 0.3 is 0 Å². The number of nitrogens with one attached hydrogen (secondary N) is 3. The summed E-state index contributed by atoms with van der Waals surface area (Å²) in [6.07, 6.45) is 3.41. The van der Waals surface area contributed by atoms with Crippen molar-refractivity contribution in [2.45, 2.75) is 44.7 Å². The number of phenols is 1. The molecular formula is C27H29N3O2. The highest BCUT2D eigenvalue weighted by atomic mass is 16.3. The van der Waals surface area contributed by atoms with Crippen LogP contribution in [0, 0.1) is 6.92 Å². The van der Waals surface area contributed by atoms with Crippen LogP contribution >= 0.6 is 0 Å². The number of aromatic hydroxyl groups is 1. The van der Waals surface area contributed by atoms with Crippen LogP contribution in [0.25, 0.3) is 0 Å². The quantitative estimate of drug-likeness (QED) is 0.487. The molecule has 2 atom stereocenters. The number of hydrogen-bond acceptors (Lipinski definition) is 4. The van der Waals surface area contributed by atoms with Crippen LogP contribution in [0.1, 0.15) is 46.7 Å². The second kappa shape index (κ2) is 8.58. The minimum atomic E-state index is -0.322. The molecular weight excluding hydrogens is 398 g/mol. The molecule has 0 fully saturated rings. The molecule has 0 saturated carbocycles. The number of anilines is 2. The van der Waals surface area contributed by atoms with Gasteiger partial charge in [-0.05, 0) is 66.1 Å². The maximum Gasteiger partial charge on any atom is 0.243 e. The highest BCUT2D eigenvalue weighted by molar-refractivity contribution is 5.88. The van der Waals surface area contributed by atoms with Crippen molar-refractivity contribution in [1.82, 2.24) is 5.32 Å². The summed E-state index contributed by atoms with van der Waals surface area (Å²) in [5, 5.41) is 20.0. The van der Waals surface area contributed by atoms with Crippen molar-refractivity contribution in [2.24, 2.45) is 0 Å². The van der Waals surface area contributed by atoms with Crippen molar-refractivity contribution in [3.8, 4) is 5.75 Å². The monoisotopic (exact) mass is 427 g/mol. The van der Waals surface area contributed by atoms with Crippen molar-refractivity contribution < 1.29 is 9.90 Å². The lowest BCUT2D eigenvalue weighted by atomic mass is 9.96. The Bertz CT molecular complexity index is 1140. The first-order chi connectivity index (χ1) is 15.6. The number of rotatable bonds is 4. The van der Waals surface area contributed by atoms with E-state index in [2.05, 4.69) is 58.4 Å². The highest BCUT2D eigenvalue weighted by Crippen LogP contribution is 2.34. The molecule has 4 N–H and O–H groups in total. The lowest BCUT2D eigenvalue weighted by molar-refractivity contribution is -0.122. The maximum atomic E-state index is 13.2. The smallest absolute Gasteiger partial charge is 0.243 e. The van der Waals surface area contributed by atoms with Crippen molar-refractivity contribution in [2.75, 3.05) is 17.2 Å². The average Bonchev–Trinajstić information content (AvgIpc) is 3.12. The minimum Gasteiger partial charge on any atom is -0.508 e. The zero-order chi connectivity index (χ0) is 22.1. The first-order valence-corrected chi connectivity index (χ1v) is 11.4. The van der Waals surface area contributed by atoms with Gasteiger partial charge in [0, 0.05) is 30.4 Å². The molecule has 32 heavy (non-hydrogen) atoms. The molecule has 5 heteroatoms. The number of carbonyl (C=O) groups is 1. The Labute approximate surface area is 188 Å². The van der Waals surface area contributed by atoms with E-state index in [1.54, 1.807) is 12.1 Å². The molecule has 5 nitrogen and oxygen atoms in total. The van der Waals surface area contributed by atoms with Crippen LogP contribution in [0.4, 0.5) is 11.4 Å². The van der Waals surface area contributed by atoms with Crippen LogP contribution in [0.2, 0.25) is 0 Å². The summed E-state index contributed by atoms with van der Waals surface area (Å²) < 4.78 is 0. The van der Waals surface area contributed by atoms with Gasteiger partial charge in [0.25, 0.3) is 0 Å². The fourth-order valence-electron chi connectivity index (χ4n) is 4.91. The first kappa shape index (κ1) is 20.4. The lowest BCUT2D eigenvalue weighted by Crippen LogP contribution is -2.40. The Balaban J connectivity index is 1.35. The topological polar surface area (TPSA) is 73.4 Å². The number of hydrogen-bond donors (Lipinski definition) is 4. The van der Waals surface area contributed by atoms with Crippen LogP contribution in [-0.4, -0.2) is 23.6 Å². The van der Waals surface area contributed by atoms with Gasteiger partial charge in [-0.1, -0.05) is 42.5 Å². The van der Waals surface area contributed by atoms with Gasteiger partial charge in [0.1, 0.15) is 11.8 Å². The summed E-state index contributed by atoms with van der Waals surface area (Å²) in [4.78, 5) is 13.2. The van der Waals surface area contributed by atoms with Crippen molar-refractivity contribution >= 4 is 17.3 Å². The zero-order valence-corrected chi connectivity index (χ0v) is 18.3. The van der Waals surface area contributed by atoms with Crippen LogP contribution in [0.3, 0.4) is 0 Å². The molecule has 0 radical (unpaired) electrons. The second-order valence-corrected chi connectivity index (χ2v) is 8.90. The van der Waals surface area contributed by atoms with E-state index in [1.807, 2.05) is 13.0 Å². The molecule has 0 aliphatic carbocycles. The van der Waals surface area contributed by atoms with Gasteiger partial charge < -0.3 is 21.1 Å². The minimum absolute atomic E-state index is 0.00593. The Morgan fingerprint density at radius 3 is 2.75 bits per heavy atom. The number of carbonyl (C=O) groups excluding carboxylic acids is 1. The largest absolute Gasteiger partial charge is 0.508 e. The number of fused-ring (bicyclic) bond motifs is 2. The van der Waals surface area contributed by atoms with E-state index in [-0.39, 0.29) is 23.7 Å². The molecule has 5 rings (SSSR count). The molecule has 2 aliphatic rings. The molecule has 0 aromatic heterocycles. The summed E-state index contributed by atoms with van der Waals surface area (Å²) in [6, 6.07) is 20.1. The molecule has 3 aromatic rings. The van der Waals surface area contributed by atoms with E-state index < -0.39 is 0 Å². The van der Waals surface area contributed by atoms with Crippen molar-refractivity contribution in [3.05, 3.63) is 88.5 Å². The molecule has 164 valence electrons. The summed E-state index contributed by atoms with van der Waals surface area (Å²) in [6.45, 7) is 2.88. The Kier molecular flexibility index (Phi) is 5.48. The Morgan fingerprint density at radius 2 is 1.91 bits per heavy atom. The molecule has 2 heterocycles. The fraction of sp³-hybridized carbons (Fsp3) is 0.296. The van der Waals surface area contributed by atoms with Gasteiger partial charge in [0.15, 0.2) is 0 Å². The zero-order valence-electron chi connectivity index (χ0n) is 18.3. The van der Waals surface area contributed by atoms with Crippen LogP contribution in [-0.2, 0) is 17.6 Å². The summed E-state index contributed by atoms with van der Waals surface area (Å²) in [5.74, 6) is 0.232. The van der Waals surface area contributed by atoms with Gasteiger partial charge in [-0.15, -0.1) is 0 Å². The van der Waals surface area contributed by atoms with E-state index in [4.69, 9.17) is 0 Å². The molecule has 0 spiro atoms. The van der Waals surface area contributed by atoms with Gasteiger partial charge in [-0.2, -0.15) is 0 Å². The van der Waals surface area contributed by atoms with Crippen LogP contribution < -0.4 is 16.0 Å². The van der Waals surface area contributed by atoms with E-state index in [0.29, 0.717) is 6.42 Å². The number of benzene rings is 3. The van der Waals surface area contributed by atoms with Gasteiger partial charge in [0.05, 0.1) is 6.04 Å². The normalized spacial score (nSPS) is 19.2. The van der Waals surface area contributed by atoms with Crippen molar-refractivity contribution in [3.63, 3.8) is 0 Å². The Morgan fingerprint density at radius 1 is 1.06 bits per heavy atom. The van der Waals surface area contributed by atoms with Gasteiger partial charge in [0.2, 0.25) is 5.91 Å². The summed E-state index contributed by atoms with van der Waals surface area (Å²) in [5.41, 5.74) is 7.77. The third kappa shape index (κ3) is 4.15. The molecule has 1 amide bonds. The predicted octanol–water partition coefficient (Wildman–Crippen LogP) is 4.69.